The molecular weight excluding hydrogens is 374 g/mol. The molecule has 2 aliphatic rings. The number of fused-ring (bicyclic) bond motifs is 1. The van der Waals surface area contributed by atoms with Gasteiger partial charge in [0.2, 0.25) is 0 Å². The Bertz CT molecular complexity index is 995. The van der Waals surface area contributed by atoms with E-state index in [-0.39, 0.29) is 0 Å². The number of rotatable bonds is 5. The van der Waals surface area contributed by atoms with Crippen molar-refractivity contribution in [2.45, 2.75) is 19.4 Å². The van der Waals surface area contributed by atoms with Gasteiger partial charge >= 0.3 is 0 Å². The second-order valence-electron chi connectivity index (χ2n) is 8.17. The van der Waals surface area contributed by atoms with Crippen molar-refractivity contribution in [1.82, 2.24) is 14.9 Å². The molecule has 156 valence electrons. The number of piperazine rings is 1. The van der Waals surface area contributed by atoms with Gasteiger partial charge < -0.3 is 14.5 Å². The first kappa shape index (κ1) is 19.1. The molecule has 2 aromatic carbocycles. The average molecular weight is 404 g/mol. The molecule has 0 unspecified atom stereocenters. The van der Waals surface area contributed by atoms with E-state index < -0.39 is 0 Å². The highest BCUT2D eigenvalue weighted by molar-refractivity contribution is 5.82. The van der Waals surface area contributed by atoms with Crippen LogP contribution in [-0.2, 0) is 6.54 Å². The molecule has 5 rings (SSSR count). The Hall–Kier alpha value is -2.86. The van der Waals surface area contributed by atoms with Crippen LogP contribution < -0.4 is 14.5 Å². The van der Waals surface area contributed by atoms with Gasteiger partial charge in [0.25, 0.3) is 0 Å². The number of hydrogen-bond acceptors (Lipinski definition) is 6. The molecule has 0 aliphatic carbocycles. The predicted molar refractivity (Wildman–Crippen MR) is 121 cm³/mol. The molecule has 0 bridgehead atoms. The Kier molecular flexibility index (Phi) is 5.41. The molecule has 3 aromatic rings. The summed E-state index contributed by atoms with van der Waals surface area (Å²) in [6, 6.07) is 16.7. The third-order valence-electron chi connectivity index (χ3n) is 6.16. The summed E-state index contributed by atoms with van der Waals surface area (Å²) < 4.78 is 5.41. The van der Waals surface area contributed by atoms with Gasteiger partial charge in [-0.15, -0.1) is 0 Å². The van der Waals surface area contributed by atoms with Gasteiger partial charge in [-0.1, -0.05) is 30.3 Å². The summed E-state index contributed by atoms with van der Waals surface area (Å²) >= 11 is 0. The summed E-state index contributed by atoms with van der Waals surface area (Å²) in [5, 5.41) is 0. The molecule has 2 saturated heterocycles. The Morgan fingerprint density at radius 2 is 1.43 bits per heavy atom. The molecule has 2 aliphatic heterocycles. The third kappa shape index (κ3) is 3.92. The lowest BCUT2D eigenvalue weighted by atomic mass is 10.2. The fourth-order valence-corrected chi connectivity index (χ4v) is 4.46. The number of anilines is 2. The lowest BCUT2D eigenvalue weighted by molar-refractivity contribution is 0.249. The van der Waals surface area contributed by atoms with Gasteiger partial charge in [-0.3, -0.25) is 4.90 Å². The number of benzene rings is 2. The number of ether oxygens (including phenoxy) is 1. The third-order valence-corrected chi connectivity index (χ3v) is 6.16. The quantitative estimate of drug-likeness (QED) is 0.649. The minimum absolute atomic E-state index is 0.823. The number of methoxy groups -OCH3 is 1. The maximum Gasteiger partial charge on any atom is 0.172 e. The number of nitrogens with zero attached hydrogens (tertiary/aromatic N) is 5. The highest BCUT2D eigenvalue weighted by Crippen LogP contribution is 2.32. The zero-order valence-electron chi connectivity index (χ0n) is 17.6. The lowest BCUT2D eigenvalue weighted by Crippen LogP contribution is -2.46. The largest absolute Gasteiger partial charge is 0.497 e. The molecule has 0 atom stereocenters. The van der Waals surface area contributed by atoms with Crippen LogP contribution >= 0.6 is 0 Å². The summed E-state index contributed by atoms with van der Waals surface area (Å²) in [4.78, 5) is 17.5. The SMILES string of the molecule is COc1ccc2nc(N3CCCC3)c(N3CCN(Cc4ccccc4)CC3)nc2c1. The summed E-state index contributed by atoms with van der Waals surface area (Å²) in [6.07, 6.45) is 2.46. The molecule has 3 heterocycles. The van der Waals surface area contributed by atoms with E-state index in [2.05, 4.69) is 45.0 Å². The molecule has 30 heavy (non-hydrogen) atoms. The van der Waals surface area contributed by atoms with Crippen molar-refractivity contribution >= 4 is 22.7 Å². The minimum atomic E-state index is 0.823. The molecule has 2 fully saturated rings. The highest BCUT2D eigenvalue weighted by Gasteiger charge is 2.26. The fourth-order valence-electron chi connectivity index (χ4n) is 4.46. The molecule has 0 saturated carbocycles. The van der Waals surface area contributed by atoms with Crippen molar-refractivity contribution in [3.8, 4) is 5.75 Å². The van der Waals surface area contributed by atoms with E-state index in [1.165, 1.54) is 18.4 Å². The van der Waals surface area contributed by atoms with Crippen LogP contribution in [0.4, 0.5) is 11.6 Å². The Labute approximate surface area is 178 Å². The van der Waals surface area contributed by atoms with Crippen molar-refractivity contribution in [3.05, 3.63) is 54.1 Å². The standard InChI is InChI=1S/C24H29N5O/c1-30-20-9-10-21-22(17-20)26-24(23(25-21)28-11-5-6-12-28)29-15-13-27(14-16-29)18-19-7-3-2-4-8-19/h2-4,7-10,17H,5-6,11-16,18H2,1H3. The first-order valence-corrected chi connectivity index (χ1v) is 10.9. The van der Waals surface area contributed by atoms with Crippen LogP contribution in [0, 0.1) is 0 Å². The van der Waals surface area contributed by atoms with Crippen LogP contribution in [0.15, 0.2) is 48.5 Å². The normalized spacial score (nSPS) is 17.6. The van der Waals surface area contributed by atoms with Crippen molar-refractivity contribution in [2.24, 2.45) is 0 Å². The van der Waals surface area contributed by atoms with E-state index in [4.69, 9.17) is 14.7 Å². The summed E-state index contributed by atoms with van der Waals surface area (Å²) in [5.74, 6) is 2.89. The van der Waals surface area contributed by atoms with Crippen LogP contribution in [-0.4, -0.2) is 61.2 Å². The molecule has 0 spiro atoms. The highest BCUT2D eigenvalue weighted by atomic mass is 16.5. The number of aromatic nitrogens is 2. The monoisotopic (exact) mass is 403 g/mol. The van der Waals surface area contributed by atoms with Crippen molar-refractivity contribution in [1.29, 1.82) is 0 Å². The zero-order valence-corrected chi connectivity index (χ0v) is 17.6. The molecule has 0 amide bonds. The van der Waals surface area contributed by atoms with E-state index in [0.717, 1.165) is 74.2 Å². The summed E-state index contributed by atoms with van der Waals surface area (Å²) in [5.41, 5.74) is 3.21. The molecule has 6 heteroatoms. The Morgan fingerprint density at radius 3 is 2.13 bits per heavy atom. The maximum absolute atomic E-state index is 5.41. The fraction of sp³-hybridized carbons (Fsp3) is 0.417. The zero-order chi connectivity index (χ0) is 20.3. The molecule has 1 aromatic heterocycles. The second-order valence-corrected chi connectivity index (χ2v) is 8.17. The van der Waals surface area contributed by atoms with Gasteiger partial charge in [-0.25, -0.2) is 9.97 Å². The van der Waals surface area contributed by atoms with Gasteiger partial charge in [0, 0.05) is 51.9 Å². The van der Waals surface area contributed by atoms with Crippen LogP contribution in [0.5, 0.6) is 5.75 Å². The van der Waals surface area contributed by atoms with Crippen molar-refractivity contribution in [3.63, 3.8) is 0 Å². The topological polar surface area (TPSA) is 44.7 Å². The Balaban J connectivity index is 1.40. The van der Waals surface area contributed by atoms with Gasteiger partial charge in [0.1, 0.15) is 5.75 Å². The van der Waals surface area contributed by atoms with E-state index >= 15 is 0 Å². The van der Waals surface area contributed by atoms with Gasteiger partial charge in [-0.2, -0.15) is 0 Å². The molecule has 0 N–H and O–H groups in total. The van der Waals surface area contributed by atoms with E-state index in [9.17, 15) is 0 Å². The second kappa shape index (κ2) is 8.48. The minimum Gasteiger partial charge on any atom is -0.497 e. The lowest BCUT2D eigenvalue weighted by Gasteiger charge is -2.37. The first-order chi connectivity index (χ1) is 14.8. The smallest absolute Gasteiger partial charge is 0.172 e. The average Bonchev–Trinajstić information content (AvgIpc) is 3.34. The van der Waals surface area contributed by atoms with Crippen LogP contribution in [0.1, 0.15) is 18.4 Å². The van der Waals surface area contributed by atoms with Crippen LogP contribution in [0.3, 0.4) is 0 Å². The predicted octanol–water partition coefficient (Wildman–Crippen LogP) is 3.56. The van der Waals surface area contributed by atoms with Gasteiger partial charge in [0.15, 0.2) is 11.6 Å². The van der Waals surface area contributed by atoms with Crippen LogP contribution in [0.2, 0.25) is 0 Å². The van der Waals surface area contributed by atoms with Crippen LogP contribution in [0.25, 0.3) is 11.0 Å². The summed E-state index contributed by atoms with van der Waals surface area (Å²) in [6.45, 7) is 7.15. The van der Waals surface area contributed by atoms with E-state index in [1.807, 2.05) is 18.2 Å². The molecular formula is C24H29N5O. The Morgan fingerprint density at radius 1 is 0.767 bits per heavy atom. The maximum atomic E-state index is 5.41. The van der Waals surface area contributed by atoms with Crippen molar-refractivity contribution < 1.29 is 4.74 Å². The molecule has 6 nitrogen and oxygen atoms in total. The summed E-state index contributed by atoms with van der Waals surface area (Å²) in [7, 11) is 1.69. The van der Waals surface area contributed by atoms with Gasteiger partial charge in [-0.05, 0) is 30.5 Å². The number of hydrogen-bond donors (Lipinski definition) is 0. The first-order valence-electron chi connectivity index (χ1n) is 10.9. The van der Waals surface area contributed by atoms with E-state index in [0.29, 0.717) is 0 Å². The van der Waals surface area contributed by atoms with E-state index in [1.54, 1.807) is 7.11 Å². The molecule has 0 radical (unpaired) electrons. The van der Waals surface area contributed by atoms with Crippen molar-refractivity contribution in [2.75, 3.05) is 56.2 Å². The van der Waals surface area contributed by atoms with Gasteiger partial charge in [0.05, 0.1) is 18.1 Å².